The van der Waals surface area contributed by atoms with Gasteiger partial charge in [0.1, 0.15) is 4.90 Å². The highest BCUT2D eigenvalue weighted by Crippen LogP contribution is 2.34. The molecular weight excluding hydrogens is 366 g/mol. The number of nitrogens with zero attached hydrogens (tertiary/aromatic N) is 2. The van der Waals surface area contributed by atoms with Gasteiger partial charge >= 0.3 is 0 Å². The second-order valence-electron chi connectivity index (χ2n) is 3.99. The van der Waals surface area contributed by atoms with Gasteiger partial charge in [-0.1, -0.05) is 11.6 Å². The summed E-state index contributed by atoms with van der Waals surface area (Å²) in [4.78, 5) is 3.87. The van der Waals surface area contributed by atoms with Gasteiger partial charge < -0.3 is 5.73 Å². The van der Waals surface area contributed by atoms with E-state index in [4.69, 9.17) is 17.3 Å². The monoisotopic (exact) mass is 375 g/mol. The molecule has 0 bridgehead atoms. The third kappa shape index (κ3) is 2.74. The van der Waals surface area contributed by atoms with Crippen molar-refractivity contribution in [1.29, 1.82) is 0 Å². The van der Waals surface area contributed by atoms with Gasteiger partial charge in [-0.15, -0.1) is 0 Å². The van der Waals surface area contributed by atoms with E-state index >= 15 is 0 Å². The minimum atomic E-state index is -3.77. The Morgan fingerprint density at radius 1 is 1.30 bits per heavy atom. The summed E-state index contributed by atoms with van der Waals surface area (Å²) in [6, 6.07) is 6.03. The summed E-state index contributed by atoms with van der Waals surface area (Å²) >= 11 is 9.07. The molecule has 0 unspecified atom stereocenters. The van der Waals surface area contributed by atoms with Crippen LogP contribution in [0.2, 0.25) is 5.02 Å². The van der Waals surface area contributed by atoms with Crippen LogP contribution >= 0.6 is 27.5 Å². The molecule has 106 valence electrons. The lowest BCUT2D eigenvalue weighted by atomic mass is 10.3. The van der Waals surface area contributed by atoms with Gasteiger partial charge in [0.15, 0.2) is 0 Å². The van der Waals surface area contributed by atoms with Gasteiger partial charge in [0.05, 0.1) is 10.2 Å². The van der Waals surface area contributed by atoms with Gasteiger partial charge in [-0.25, -0.2) is 8.42 Å². The van der Waals surface area contributed by atoms with E-state index in [0.29, 0.717) is 10.2 Å². The maximum atomic E-state index is 12.6. The van der Waals surface area contributed by atoms with Gasteiger partial charge in [-0.05, 0) is 40.2 Å². The minimum absolute atomic E-state index is 0.0156. The molecule has 0 aliphatic heterocycles. The Bertz CT molecular complexity index is 738. The van der Waals surface area contributed by atoms with E-state index in [2.05, 4.69) is 20.9 Å². The van der Waals surface area contributed by atoms with Crippen LogP contribution in [0.3, 0.4) is 0 Å². The summed E-state index contributed by atoms with van der Waals surface area (Å²) in [5, 5.41) is 0.257. The van der Waals surface area contributed by atoms with Crippen LogP contribution in [0.1, 0.15) is 0 Å². The number of nitrogen functional groups attached to an aromatic ring is 1. The lowest BCUT2D eigenvalue weighted by Crippen LogP contribution is -2.27. The third-order valence-corrected chi connectivity index (χ3v) is 5.87. The largest absolute Gasteiger partial charge is 0.398 e. The Hall–Kier alpha value is -1.31. The van der Waals surface area contributed by atoms with Crippen LogP contribution in [0.25, 0.3) is 0 Å². The Balaban J connectivity index is 2.57. The quantitative estimate of drug-likeness (QED) is 0.836. The molecule has 0 fully saturated rings. The van der Waals surface area contributed by atoms with Crippen molar-refractivity contribution in [3.8, 4) is 0 Å². The molecule has 2 N–H and O–H groups in total. The highest BCUT2D eigenvalue weighted by atomic mass is 79.9. The molecular formula is C12H11BrClN3O2S. The van der Waals surface area contributed by atoms with Crippen molar-refractivity contribution in [3.05, 3.63) is 46.2 Å². The van der Waals surface area contributed by atoms with Crippen molar-refractivity contribution in [1.82, 2.24) is 4.98 Å². The van der Waals surface area contributed by atoms with Crippen molar-refractivity contribution in [2.24, 2.45) is 0 Å². The number of pyridine rings is 1. The zero-order valence-corrected chi connectivity index (χ0v) is 13.6. The molecule has 1 aromatic heterocycles. The first-order valence-electron chi connectivity index (χ1n) is 5.47. The lowest BCUT2D eigenvalue weighted by molar-refractivity contribution is 0.594. The number of halogens is 2. The van der Waals surface area contributed by atoms with Gasteiger partial charge in [-0.2, -0.15) is 0 Å². The second-order valence-corrected chi connectivity index (χ2v) is 7.15. The number of nitrogens with two attached hydrogens (primary N) is 1. The van der Waals surface area contributed by atoms with Crippen LogP contribution in [-0.2, 0) is 10.0 Å². The molecule has 0 aliphatic carbocycles. The average molecular weight is 377 g/mol. The summed E-state index contributed by atoms with van der Waals surface area (Å²) in [5.74, 6) is 0. The Kier molecular flexibility index (Phi) is 4.22. The SMILES string of the molecule is CN(c1ccncc1)S(=O)(=O)c1cc(Cl)cc(N)c1Br. The maximum absolute atomic E-state index is 12.6. The lowest BCUT2D eigenvalue weighted by Gasteiger charge is -2.20. The number of hydrogen-bond acceptors (Lipinski definition) is 4. The molecule has 0 saturated heterocycles. The van der Waals surface area contributed by atoms with E-state index in [1.807, 2.05) is 0 Å². The standard InChI is InChI=1S/C12H11BrClN3O2S/c1-17(9-2-4-16-5-3-9)20(18,19)11-7-8(14)6-10(15)12(11)13/h2-7H,15H2,1H3. The number of rotatable bonds is 3. The molecule has 0 amide bonds. The number of benzene rings is 1. The Morgan fingerprint density at radius 3 is 2.50 bits per heavy atom. The maximum Gasteiger partial charge on any atom is 0.265 e. The van der Waals surface area contributed by atoms with Crippen molar-refractivity contribution in [2.45, 2.75) is 4.90 Å². The zero-order chi connectivity index (χ0) is 14.9. The van der Waals surface area contributed by atoms with Crippen LogP contribution in [0.4, 0.5) is 11.4 Å². The molecule has 0 spiro atoms. The summed E-state index contributed by atoms with van der Waals surface area (Å²) in [7, 11) is -2.32. The van der Waals surface area contributed by atoms with Gasteiger partial charge in [0.2, 0.25) is 0 Å². The van der Waals surface area contributed by atoms with E-state index in [1.54, 1.807) is 12.1 Å². The highest BCUT2D eigenvalue weighted by Gasteiger charge is 2.25. The second kappa shape index (κ2) is 5.59. The van der Waals surface area contributed by atoms with Crippen molar-refractivity contribution < 1.29 is 8.42 Å². The fourth-order valence-electron chi connectivity index (χ4n) is 1.61. The van der Waals surface area contributed by atoms with Crippen molar-refractivity contribution in [3.63, 3.8) is 0 Å². The van der Waals surface area contributed by atoms with Crippen LogP contribution in [-0.4, -0.2) is 20.4 Å². The summed E-state index contributed by atoms with van der Waals surface area (Å²) in [5.41, 5.74) is 6.49. The molecule has 0 radical (unpaired) electrons. The average Bonchev–Trinajstić information content (AvgIpc) is 2.42. The zero-order valence-electron chi connectivity index (χ0n) is 10.4. The number of hydrogen-bond donors (Lipinski definition) is 1. The molecule has 0 atom stereocenters. The molecule has 8 heteroatoms. The van der Waals surface area contributed by atoms with E-state index in [9.17, 15) is 8.42 Å². The normalized spacial score (nSPS) is 11.3. The van der Waals surface area contributed by atoms with Crippen LogP contribution in [0, 0.1) is 0 Å². The smallest absolute Gasteiger partial charge is 0.265 e. The first-order chi connectivity index (χ1) is 9.34. The number of aromatic nitrogens is 1. The van der Waals surface area contributed by atoms with Gasteiger partial charge in [0, 0.05) is 30.2 Å². The fourth-order valence-corrected chi connectivity index (χ4v) is 4.06. The molecule has 0 saturated carbocycles. The first kappa shape index (κ1) is 15.1. The molecule has 2 aromatic rings. The van der Waals surface area contributed by atoms with E-state index < -0.39 is 10.0 Å². The van der Waals surface area contributed by atoms with Gasteiger partial charge in [-0.3, -0.25) is 9.29 Å². The topological polar surface area (TPSA) is 76.3 Å². The van der Waals surface area contributed by atoms with Gasteiger partial charge in [0.25, 0.3) is 10.0 Å². The van der Waals surface area contributed by atoms with Crippen molar-refractivity contribution in [2.75, 3.05) is 17.1 Å². The fraction of sp³-hybridized carbons (Fsp3) is 0.0833. The Labute approximate surface area is 130 Å². The minimum Gasteiger partial charge on any atom is -0.398 e. The molecule has 1 heterocycles. The number of sulfonamides is 1. The molecule has 5 nitrogen and oxygen atoms in total. The number of anilines is 2. The van der Waals surface area contributed by atoms with E-state index in [-0.39, 0.29) is 15.6 Å². The predicted molar refractivity (Wildman–Crippen MR) is 83.4 cm³/mol. The Morgan fingerprint density at radius 2 is 1.90 bits per heavy atom. The van der Waals surface area contributed by atoms with Crippen LogP contribution in [0.5, 0.6) is 0 Å². The van der Waals surface area contributed by atoms with Crippen LogP contribution in [0.15, 0.2) is 46.0 Å². The van der Waals surface area contributed by atoms with E-state index in [0.717, 1.165) is 4.31 Å². The predicted octanol–water partition coefficient (Wildman–Crippen LogP) is 2.90. The highest BCUT2D eigenvalue weighted by molar-refractivity contribution is 9.10. The summed E-state index contributed by atoms with van der Waals surface area (Å²) in [6.45, 7) is 0. The molecule has 2 rings (SSSR count). The summed E-state index contributed by atoms with van der Waals surface area (Å²) in [6.07, 6.45) is 3.03. The molecule has 1 aromatic carbocycles. The molecule has 20 heavy (non-hydrogen) atoms. The molecule has 0 aliphatic rings. The first-order valence-corrected chi connectivity index (χ1v) is 8.08. The van der Waals surface area contributed by atoms with E-state index in [1.165, 1.54) is 31.6 Å². The summed E-state index contributed by atoms with van der Waals surface area (Å²) < 4.78 is 26.7. The third-order valence-electron chi connectivity index (χ3n) is 2.70. The van der Waals surface area contributed by atoms with Crippen LogP contribution < -0.4 is 10.0 Å². The van der Waals surface area contributed by atoms with Crippen molar-refractivity contribution >= 4 is 48.9 Å².